The number of nitrogens with zero attached hydrogens (tertiary/aromatic N) is 2. The summed E-state index contributed by atoms with van der Waals surface area (Å²) in [5, 5.41) is 2.98. The number of benzene rings is 1. The van der Waals surface area contributed by atoms with Gasteiger partial charge in [-0.3, -0.25) is 14.4 Å². The van der Waals surface area contributed by atoms with E-state index in [1.54, 1.807) is 4.90 Å². The second kappa shape index (κ2) is 7.69. The van der Waals surface area contributed by atoms with Crippen LogP contribution in [0.4, 0.5) is 0 Å². The first-order chi connectivity index (χ1) is 13.8. The van der Waals surface area contributed by atoms with E-state index in [4.69, 9.17) is 4.74 Å². The summed E-state index contributed by atoms with van der Waals surface area (Å²) in [7, 11) is 0. The summed E-state index contributed by atoms with van der Waals surface area (Å²) >= 11 is 0. The van der Waals surface area contributed by atoms with Gasteiger partial charge in [0.2, 0.25) is 11.8 Å². The van der Waals surface area contributed by atoms with Gasteiger partial charge in [0.15, 0.2) is 5.72 Å². The van der Waals surface area contributed by atoms with Gasteiger partial charge in [-0.15, -0.1) is 0 Å². The van der Waals surface area contributed by atoms with E-state index >= 15 is 0 Å². The SMILES string of the molecule is Cc1ccc2c(c1)C(=O)N[C@@]1(CCC(=O)N(CC(=O)N3CCC(C)CC3)CC1)O2. The van der Waals surface area contributed by atoms with Gasteiger partial charge in [0.1, 0.15) is 5.75 Å². The van der Waals surface area contributed by atoms with Crippen LogP contribution in [0.1, 0.15) is 54.9 Å². The van der Waals surface area contributed by atoms with Crippen LogP contribution in [0.25, 0.3) is 0 Å². The number of nitrogens with one attached hydrogen (secondary N) is 1. The van der Waals surface area contributed by atoms with Crippen molar-refractivity contribution in [3.63, 3.8) is 0 Å². The van der Waals surface area contributed by atoms with Crippen LogP contribution in [0.2, 0.25) is 0 Å². The van der Waals surface area contributed by atoms with Crippen molar-refractivity contribution in [3.05, 3.63) is 29.3 Å². The summed E-state index contributed by atoms with van der Waals surface area (Å²) < 4.78 is 6.19. The number of amides is 3. The van der Waals surface area contributed by atoms with Crippen molar-refractivity contribution in [2.24, 2.45) is 5.92 Å². The molecule has 0 aromatic heterocycles. The second-order valence-corrected chi connectivity index (χ2v) is 8.68. The van der Waals surface area contributed by atoms with Gasteiger partial charge in [0, 0.05) is 38.9 Å². The maximum atomic E-state index is 12.7. The minimum Gasteiger partial charge on any atom is -0.467 e. The number of fused-ring (bicyclic) bond motifs is 1. The first-order valence-electron chi connectivity index (χ1n) is 10.5. The monoisotopic (exact) mass is 399 g/mol. The Bertz CT molecular complexity index is 831. The minimum atomic E-state index is -0.895. The molecule has 2 fully saturated rings. The lowest BCUT2D eigenvalue weighted by molar-refractivity contribution is -0.141. The summed E-state index contributed by atoms with van der Waals surface area (Å²) in [6.07, 6.45) is 3.13. The molecule has 3 aliphatic heterocycles. The Morgan fingerprint density at radius 1 is 1.21 bits per heavy atom. The molecule has 4 rings (SSSR count). The number of hydrogen-bond acceptors (Lipinski definition) is 4. The van der Waals surface area contributed by atoms with Crippen LogP contribution < -0.4 is 10.1 Å². The lowest BCUT2D eigenvalue weighted by atomic mass is 9.99. The maximum absolute atomic E-state index is 12.7. The Kier molecular flexibility index (Phi) is 5.23. The molecule has 2 saturated heterocycles. The highest BCUT2D eigenvalue weighted by atomic mass is 16.5. The molecule has 7 nitrogen and oxygen atoms in total. The van der Waals surface area contributed by atoms with Gasteiger partial charge in [-0.05, 0) is 37.8 Å². The van der Waals surface area contributed by atoms with E-state index in [2.05, 4.69) is 12.2 Å². The molecule has 156 valence electrons. The summed E-state index contributed by atoms with van der Waals surface area (Å²) in [6, 6.07) is 5.54. The van der Waals surface area contributed by atoms with Crippen molar-refractivity contribution in [2.45, 2.75) is 51.7 Å². The van der Waals surface area contributed by atoms with Gasteiger partial charge in [-0.2, -0.15) is 0 Å². The fourth-order valence-electron chi connectivity index (χ4n) is 4.37. The zero-order chi connectivity index (χ0) is 20.6. The largest absolute Gasteiger partial charge is 0.467 e. The van der Waals surface area contributed by atoms with Crippen LogP contribution in [0.5, 0.6) is 5.75 Å². The van der Waals surface area contributed by atoms with E-state index in [0.29, 0.717) is 36.6 Å². The molecule has 0 aliphatic carbocycles. The number of piperidine rings is 1. The number of hydrogen-bond donors (Lipinski definition) is 1. The molecular formula is C22H29N3O4. The fourth-order valence-corrected chi connectivity index (χ4v) is 4.37. The second-order valence-electron chi connectivity index (χ2n) is 8.68. The summed E-state index contributed by atoms with van der Waals surface area (Å²) in [5.74, 6) is 0.981. The average molecular weight is 399 g/mol. The van der Waals surface area contributed by atoms with Crippen LogP contribution in [0, 0.1) is 12.8 Å². The molecule has 1 spiro atoms. The molecule has 29 heavy (non-hydrogen) atoms. The highest BCUT2D eigenvalue weighted by Crippen LogP contribution is 2.34. The molecule has 1 atom stereocenters. The van der Waals surface area contributed by atoms with E-state index in [0.717, 1.165) is 31.5 Å². The highest BCUT2D eigenvalue weighted by molar-refractivity contribution is 5.98. The van der Waals surface area contributed by atoms with Gasteiger partial charge in [-0.25, -0.2) is 0 Å². The van der Waals surface area contributed by atoms with Gasteiger partial charge < -0.3 is 19.9 Å². The van der Waals surface area contributed by atoms with Crippen molar-refractivity contribution in [1.82, 2.24) is 15.1 Å². The molecule has 0 bridgehead atoms. The van der Waals surface area contributed by atoms with Gasteiger partial charge >= 0.3 is 0 Å². The van der Waals surface area contributed by atoms with E-state index in [1.165, 1.54) is 0 Å². The standard InChI is InChI=1S/C22H29N3O4/c1-15-6-10-24(11-7-15)20(27)14-25-12-9-22(8-5-19(25)26)23-21(28)17-13-16(2)3-4-18(17)29-22/h3-4,13,15H,5-12,14H2,1-2H3,(H,23,28)/t22-/m0/s1. The van der Waals surface area contributed by atoms with Crippen molar-refractivity contribution in [2.75, 3.05) is 26.2 Å². The highest BCUT2D eigenvalue weighted by Gasteiger charge is 2.43. The third-order valence-corrected chi connectivity index (χ3v) is 6.37. The lowest BCUT2D eigenvalue weighted by Crippen LogP contribution is -2.56. The molecule has 0 radical (unpaired) electrons. The first-order valence-corrected chi connectivity index (χ1v) is 10.5. The van der Waals surface area contributed by atoms with Crippen LogP contribution in [0.15, 0.2) is 18.2 Å². The molecule has 0 unspecified atom stereocenters. The summed E-state index contributed by atoms with van der Waals surface area (Å²) in [5.41, 5.74) is 0.622. The summed E-state index contributed by atoms with van der Waals surface area (Å²) in [6.45, 7) is 6.16. The third kappa shape index (κ3) is 4.09. The number of rotatable bonds is 2. The van der Waals surface area contributed by atoms with E-state index in [1.807, 2.05) is 30.0 Å². The summed E-state index contributed by atoms with van der Waals surface area (Å²) in [4.78, 5) is 41.5. The quantitative estimate of drug-likeness (QED) is 0.826. The van der Waals surface area contributed by atoms with E-state index < -0.39 is 5.72 Å². The molecule has 3 aliphatic rings. The molecule has 3 amide bonds. The van der Waals surface area contributed by atoms with Gasteiger partial charge in [-0.1, -0.05) is 18.6 Å². The Morgan fingerprint density at radius 3 is 2.72 bits per heavy atom. The Balaban J connectivity index is 1.43. The zero-order valence-electron chi connectivity index (χ0n) is 17.2. The predicted octanol–water partition coefficient (Wildman–Crippen LogP) is 2.08. The topological polar surface area (TPSA) is 79.0 Å². The van der Waals surface area contributed by atoms with Crippen molar-refractivity contribution in [3.8, 4) is 5.75 Å². The Morgan fingerprint density at radius 2 is 1.97 bits per heavy atom. The molecule has 1 N–H and O–H groups in total. The maximum Gasteiger partial charge on any atom is 0.258 e. The average Bonchev–Trinajstić information content (AvgIpc) is 2.83. The predicted molar refractivity (Wildman–Crippen MR) is 107 cm³/mol. The van der Waals surface area contributed by atoms with Gasteiger partial charge in [0.05, 0.1) is 12.1 Å². The van der Waals surface area contributed by atoms with Crippen LogP contribution in [0.3, 0.4) is 0 Å². The van der Waals surface area contributed by atoms with E-state index in [9.17, 15) is 14.4 Å². The number of carbonyl (C=O) groups excluding carboxylic acids is 3. The van der Waals surface area contributed by atoms with Crippen molar-refractivity contribution in [1.29, 1.82) is 0 Å². The molecule has 1 aromatic rings. The Hall–Kier alpha value is -2.57. The number of likely N-dealkylation sites (tertiary alicyclic amines) is 2. The molecule has 3 heterocycles. The first kappa shape index (κ1) is 19.7. The number of ether oxygens (including phenoxy) is 1. The van der Waals surface area contributed by atoms with Gasteiger partial charge in [0.25, 0.3) is 5.91 Å². The number of aryl methyl sites for hydroxylation is 1. The Labute approximate surface area is 171 Å². The molecular weight excluding hydrogens is 370 g/mol. The molecule has 1 aromatic carbocycles. The van der Waals surface area contributed by atoms with E-state index in [-0.39, 0.29) is 30.7 Å². The van der Waals surface area contributed by atoms with Crippen LogP contribution >= 0.6 is 0 Å². The minimum absolute atomic E-state index is 0.00983. The molecule has 0 saturated carbocycles. The molecule has 7 heteroatoms. The number of carbonyl (C=O) groups is 3. The smallest absolute Gasteiger partial charge is 0.258 e. The van der Waals surface area contributed by atoms with Crippen LogP contribution in [-0.4, -0.2) is 59.4 Å². The lowest BCUT2D eigenvalue weighted by Gasteiger charge is -2.38. The fraction of sp³-hybridized carbons (Fsp3) is 0.591. The van der Waals surface area contributed by atoms with Crippen molar-refractivity contribution >= 4 is 17.7 Å². The zero-order valence-corrected chi connectivity index (χ0v) is 17.2. The van der Waals surface area contributed by atoms with Crippen LogP contribution in [-0.2, 0) is 9.59 Å². The third-order valence-electron chi connectivity index (χ3n) is 6.37. The van der Waals surface area contributed by atoms with Crippen molar-refractivity contribution < 1.29 is 19.1 Å². The normalized spacial score (nSPS) is 25.3.